The Balaban J connectivity index is 1.20. The molecule has 0 fully saturated rings. The van der Waals surface area contributed by atoms with E-state index < -0.39 is 5.41 Å². The summed E-state index contributed by atoms with van der Waals surface area (Å²) in [5.74, 6) is 0.571. The lowest BCUT2D eigenvalue weighted by molar-refractivity contribution is 0.642. The van der Waals surface area contributed by atoms with Gasteiger partial charge < -0.3 is 4.42 Å². The van der Waals surface area contributed by atoms with Crippen molar-refractivity contribution in [2.45, 2.75) is 12.3 Å². The van der Waals surface area contributed by atoms with Crippen LogP contribution >= 0.6 is 0 Å². The second-order valence-electron chi connectivity index (χ2n) is 14.7. The molecule has 0 atom stereocenters. The summed E-state index contributed by atoms with van der Waals surface area (Å²) >= 11 is 0. The normalized spacial score (nSPS) is 12.9. The summed E-state index contributed by atoms with van der Waals surface area (Å²) in [6.45, 7) is 2.19. The number of rotatable bonds is 6. The molecule has 1 aliphatic rings. The number of nitrogens with zero attached hydrogens (tertiary/aromatic N) is 2. The van der Waals surface area contributed by atoms with Crippen LogP contribution in [-0.4, -0.2) is 9.38 Å². The van der Waals surface area contributed by atoms with Crippen molar-refractivity contribution in [3.05, 3.63) is 228 Å². The number of imidazole rings is 1. The fraction of sp³-hybridized carbons (Fsp3) is 0.0377. The smallest absolute Gasteiger partial charge is 0.307 e. The molecular weight excluding hydrogens is 681 g/mol. The van der Waals surface area contributed by atoms with Crippen molar-refractivity contribution >= 4 is 16.9 Å². The number of oxazole rings is 1. The second-order valence-corrected chi connectivity index (χ2v) is 14.7. The van der Waals surface area contributed by atoms with Gasteiger partial charge in [-0.2, -0.15) is 4.98 Å². The lowest BCUT2D eigenvalue weighted by Crippen LogP contribution is -2.28. The van der Waals surface area contributed by atoms with Crippen LogP contribution in [0.4, 0.5) is 0 Å². The minimum absolute atomic E-state index is 0.522. The van der Waals surface area contributed by atoms with Crippen molar-refractivity contribution in [2.24, 2.45) is 0 Å². The standard InChI is InChI=1S/C53H36N2O/c1-35-17-11-12-24-41(35)42-31-30-38(33-45(42)36-18-5-2-6-19-36)51-50(54-52-55(51)48-27-15-16-28-49(48)56-52)37-29-32-44-43-25-13-14-26-46(43)53(47(44)34-37,39-20-7-3-8-21-39)40-22-9-4-10-23-40/h2-34H,1H3. The van der Waals surface area contributed by atoms with Gasteiger partial charge in [0.25, 0.3) is 0 Å². The average molecular weight is 717 g/mol. The van der Waals surface area contributed by atoms with Gasteiger partial charge in [-0.3, -0.25) is 4.40 Å². The molecule has 2 aromatic heterocycles. The first-order valence-corrected chi connectivity index (χ1v) is 19.2. The molecule has 0 bridgehead atoms. The molecule has 0 saturated carbocycles. The number of hydrogen-bond donors (Lipinski definition) is 0. The van der Waals surface area contributed by atoms with Gasteiger partial charge in [-0.15, -0.1) is 0 Å². The summed E-state index contributed by atoms with van der Waals surface area (Å²) in [6.07, 6.45) is 0. The number of aromatic nitrogens is 2. The molecule has 0 amide bonds. The number of hydrogen-bond acceptors (Lipinski definition) is 2. The average Bonchev–Trinajstić information content (AvgIpc) is 3.91. The lowest BCUT2D eigenvalue weighted by atomic mass is 9.67. The van der Waals surface area contributed by atoms with Crippen LogP contribution in [0.1, 0.15) is 27.8 Å². The van der Waals surface area contributed by atoms with Gasteiger partial charge in [0.2, 0.25) is 0 Å². The molecule has 0 N–H and O–H groups in total. The molecule has 264 valence electrons. The Morgan fingerprint density at radius 2 is 1.04 bits per heavy atom. The van der Waals surface area contributed by atoms with Gasteiger partial charge >= 0.3 is 5.84 Å². The van der Waals surface area contributed by atoms with Crippen molar-refractivity contribution in [1.82, 2.24) is 9.38 Å². The van der Waals surface area contributed by atoms with E-state index in [9.17, 15) is 0 Å². The molecule has 2 heterocycles. The highest BCUT2D eigenvalue weighted by Gasteiger charge is 2.46. The van der Waals surface area contributed by atoms with E-state index >= 15 is 0 Å². The van der Waals surface area contributed by atoms with Crippen molar-refractivity contribution in [3.63, 3.8) is 0 Å². The van der Waals surface area contributed by atoms with Crippen molar-refractivity contribution in [1.29, 1.82) is 0 Å². The number of para-hydroxylation sites is 2. The predicted molar refractivity (Wildman–Crippen MR) is 229 cm³/mol. The highest BCUT2D eigenvalue weighted by atomic mass is 16.4. The molecule has 0 aliphatic heterocycles. The molecule has 3 nitrogen and oxygen atoms in total. The van der Waals surface area contributed by atoms with Crippen molar-refractivity contribution in [2.75, 3.05) is 0 Å². The Bertz CT molecular complexity index is 3040. The zero-order chi connectivity index (χ0) is 37.2. The maximum absolute atomic E-state index is 6.52. The van der Waals surface area contributed by atoms with E-state index in [0.717, 1.165) is 39.2 Å². The SMILES string of the molecule is Cc1ccccc1-c1ccc(-c2c(-c3ccc4c(c3)C(c3ccccc3)(c3ccccc3)c3ccccc3-4)nc3oc4ccccc4n23)cc1-c1ccccc1. The Hall–Kier alpha value is -7.23. The van der Waals surface area contributed by atoms with Crippen LogP contribution in [-0.2, 0) is 5.41 Å². The fourth-order valence-corrected chi connectivity index (χ4v) is 9.24. The van der Waals surface area contributed by atoms with Gasteiger partial charge in [0.15, 0.2) is 5.58 Å². The van der Waals surface area contributed by atoms with Gasteiger partial charge in [-0.25, -0.2) is 0 Å². The van der Waals surface area contributed by atoms with Crippen molar-refractivity contribution < 1.29 is 4.42 Å². The zero-order valence-electron chi connectivity index (χ0n) is 30.9. The van der Waals surface area contributed by atoms with Crippen LogP contribution in [0.2, 0.25) is 0 Å². The molecule has 8 aromatic carbocycles. The Kier molecular flexibility index (Phi) is 7.30. The van der Waals surface area contributed by atoms with Crippen LogP contribution < -0.4 is 0 Å². The summed E-state index contributed by atoms with van der Waals surface area (Å²) in [7, 11) is 0. The molecule has 0 unspecified atom stereocenters. The first-order valence-electron chi connectivity index (χ1n) is 19.2. The van der Waals surface area contributed by atoms with Gasteiger partial charge in [-0.1, -0.05) is 176 Å². The Morgan fingerprint density at radius 1 is 0.446 bits per heavy atom. The van der Waals surface area contributed by atoms with E-state index in [1.54, 1.807) is 0 Å². The van der Waals surface area contributed by atoms with E-state index in [-0.39, 0.29) is 0 Å². The number of aryl methyl sites for hydroxylation is 1. The zero-order valence-corrected chi connectivity index (χ0v) is 30.9. The summed E-state index contributed by atoms with van der Waals surface area (Å²) in [6, 6.07) is 72.2. The lowest BCUT2D eigenvalue weighted by Gasteiger charge is -2.34. The number of fused-ring (bicyclic) bond motifs is 6. The van der Waals surface area contributed by atoms with E-state index in [0.29, 0.717) is 5.84 Å². The van der Waals surface area contributed by atoms with E-state index in [1.165, 1.54) is 55.6 Å². The largest absolute Gasteiger partial charge is 0.423 e. The molecule has 11 rings (SSSR count). The van der Waals surface area contributed by atoms with E-state index in [1.807, 2.05) is 12.1 Å². The van der Waals surface area contributed by atoms with Crippen LogP contribution in [0.25, 0.3) is 72.8 Å². The van der Waals surface area contributed by atoms with Gasteiger partial charge in [-0.05, 0) is 92.4 Å². The molecule has 10 aromatic rings. The molecular formula is C53H36N2O. The highest BCUT2D eigenvalue weighted by Crippen LogP contribution is 2.57. The first-order chi connectivity index (χ1) is 27.7. The maximum Gasteiger partial charge on any atom is 0.307 e. The minimum atomic E-state index is -0.522. The predicted octanol–water partition coefficient (Wildman–Crippen LogP) is 13.4. The van der Waals surface area contributed by atoms with Crippen LogP contribution in [0.15, 0.2) is 205 Å². The summed E-state index contributed by atoms with van der Waals surface area (Å²) in [4.78, 5) is 5.36. The molecule has 56 heavy (non-hydrogen) atoms. The Labute approximate surface area is 325 Å². The van der Waals surface area contributed by atoms with Crippen LogP contribution in [0.3, 0.4) is 0 Å². The van der Waals surface area contributed by atoms with Gasteiger partial charge in [0.05, 0.1) is 16.6 Å². The summed E-state index contributed by atoms with van der Waals surface area (Å²) < 4.78 is 8.72. The van der Waals surface area contributed by atoms with Crippen LogP contribution in [0, 0.1) is 6.92 Å². The third-order valence-electron chi connectivity index (χ3n) is 11.7. The Morgan fingerprint density at radius 3 is 1.79 bits per heavy atom. The van der Waals surface area contributed by atoms with E-state index in [2.05, 4.69) is 199 Å². The molecule has 0 saturated heterocycles. The topological polar surface area (TPSA) is 30.4 Å². The van der Waals surface area contributed by atoms with Crippen LogP contribution in [0.5, 0.6) is 0 Å². The summed E-state index contributed by atoms with van der Waals surface area (Å²) in [5, 5.41) is 0. The quantitative estimate of drug-likeness (QED) is 0.171. The summed E-state index contributed by atoms with van der Waals surface area (Å²) in [5.41, 5.74) is 18.7. The minimum Gasteiger partial charge on any atom is -0.423 e. The van der Waals surface area contributed by atoms with Gasteiger partial charge in [0.1, 0.15) is 5.69 Å². The fourth-order valence-electron chi connectivity index (χ4n) is 9.24. The highest BCUT2D eigenvalue weighted by molar-refractivity contribution is 5.94. The van der Waals surface area contributed by atoms with E-state index in [4.69, 9.17) is 9.40 Å². The number of benzene rings is 8. The molecule has 0 spiro atoms. The first kappa shape index (κ1) is 32.2. The van der Waals surface area contributed by atoms with Crippen molar-refractivity contribution in [3.8, 4) is 55.9 Å². The maximum atomic E-state index is 6.52. The molecule has 0 radical (unpaired) electrons. The molecule has 1 aliphatic carbocycles. The molecule has 3 heteroatoms. The third kappa shape index (κ3) is 4.74. The second kappa shape index (κ2) is 12.7. The van der Waals surface area contributed by atoms with Gasteiger partial charge in [0, 0.05) is 11.1 Å². The third-order valence-corrected chi connectivity index (χ3v) is 11.7. The monoisotopic (exact) mass is 716 g/mol.